The topological polar surface area (TPSA) is 0 Å². The predicted molar refractivity (Wildman–Crippen MR) is 29.2 cm³/mol. The summed E-state index contributed by atoms with van der Waals surface area (Å²) in [5, 5.41) is 0. The second kappa shape index (κ2) is 1.51. The maximum absolute atomic E-state index is 2.39. The molecule has 0 aromatic carbocycles. The Kier molecular flexibility index (Phi) is 1.76. The summed E-state index contributed by atoms with van der Waals surface area (Å²) < 4.78 is 0. The number of rotatable bonds is 0. The standard InChI is InChI=1S/4CH3.Sb/h4*1H3;. The van der Waals surface area contributed by atoms with Gasteiger partial charge in [-0.05, 0) is 0 Å². The molecule has 0 bridgehead atoms. The Balaban J connectivity index is 3.02. The van der Waals surface area contributed by atoms with Crippen molar-refractivity contribution in [1.29, 1.82) is 0 Å². The van der Waals surface area contributed by atoms with Crippen LogP contribution in [0, 0.1) is 0 Å². The van der Waals surface area contributed by atoms with Crippen LogP contribution in [0.2, 0.25) is 19.5 Å². The van der Waals surface area contributed by atoms with Gasteiger partial charge in [0.1, 0.15) is 0 Å². The van der Waals surface area contributed by atoms with Crippen molar-refractivity contribution in [3.63, 3.8) is 0 Å². The third-order valence-electron chi connectivity index (χ3n) is 0. The van der Waals surface area contributed by atoms with E-state index >= 15 is 0 Å². The van der Waals surface area contributed by atoms with Crippen molar-refractivity contribution in [1.82, 2.24) is 0 Å². The molecule has 0 N–H and O–H groups in total. The van der Waals surface area contributed by atoms with Crippen molar-refractivity contribution < 1.29 is 0 Å². The Hall–Kier alpha value is 0.818. The van der Waals surface area contributed by atoms with Crippen LogP contribution in [0.5, 0.6) is 0 Å². The summed E-state index contributed by atoms with van der Waals surface area (Å²) in [6.07, 6.45) is 0. The summed E-state index contributed by atoms with van der Waals surface area (Å²) in [7, 11) is 0. The van der Waals surface area contributed by atoms with Gasteiger partial charge in [0.05, 0.1) is 0 Å². The van der Waals surface area contributed by atoms with Gasteiger partial charge in [0, 0.05) is 0 Å². The fourth-order valence-corrected chi connectivity index (χ4v) is 0. The molecule has 0 spiro atoms. The average molecular weight is 182 g/mol. The van der Waals surface area contributed by atoms with Crippen LogP contribution in [0.3, 0.4) is 0 Å². The predicted octanol–water partition coefficient (Wildman–Crippen LogP) is 1.95. The molecule has 0 unspecified atom stereocenters. The van der Waals surface area contributed by atoms with Crippen molar-refractivity contribution in [2.75, 3.05) is 0 Å². The molecule has 0 atom stereocenters. The first-order valence-electron chi connectivity index (χ1n) is 1.79. The third-order valence-corrected chi connectivity index (χ3v) is 0. The SMILES string of the molecule is [CH3][Sb]([CH3])([CH3])[CH3]. The minimum atomic E-state index is -1.10. The quantitative estimate of drug-likeness (QED) is 0.502. The second-order valence-electron chi connectivity index (χ2n) is 2.68. The van der Waals surface area contributed by atoms with E-state index in [4.69, 9.17) is 0 Å². The van der Waals surface area contributed by atoms with Gasteiger partial charge >= 0.3 is 38.3 Å². The van der Waals surface area contributed by atoms with E-state index in [9.17, 15) is 0 Å². The molecule has 0 aliphatic carbocycles. The number of hydrogen-bond donors (Lipinski definition) is 0. The third kappa shape index (κ3) is 57.2. The van der Waals surface area contributed by atoms with Gasteiger partial charge in [-0.15, -0.1) is 0 Å². The van der Waals surface area contributed by atoms with Crippen LogP contribution < -0.4 is 0 Å². The molecule has 0 aliphatic rings. The van der Waals surface area contributed by atoms with Gasteiger partial charge < -0.3 is 0 Å². The summed E-state index contributed by atoms with van der Waals surface area (Å²) in [5.41, 5.74) is 0. The molecule has 0 aromatic heterocycles. The minimum absolute atomic E-state index is 1.10. The van der Waals surface area contributed by atoms with Crippen LogP contribution >= 0.6 is 0 Å². The molecule has 33 valence electrons. The van der Waals surface area contributed by atoms with Crippen LogP contribution in [0.4, 0.5) is 0 Å². The van der Waals surface area contributed by atoms with Crippen LogP contribution in [-0.4, -0.2) is 18.8 Å². The summed E-state index contributed by atoms with van der Waals surface area (Å²) in [6, 6.07) is 0. The average Bonchev–Trinajstić information content (AvgIpc) is 0.722. The van der Waals surface area contributed by atoms with Gasteiger partial charge in [-0.1, -0.05) is 0 Å². The van der Waals surface area contributed by atoms with Crippen molar-refractivity contribution in [2.45, 2.75) is 19.5 Å². The van der Waals surface area contributed by atoms with E-state index in [-0.39, 0.29) is 0 Å². The fraction of sp³-hybridized carbons (Fsp3) is 1.00. The molecule has 1 radical (unpaired) electrons. The molecule has 0 aliphatic heterocycles. The van der Waals surface area contributed by atoms with Gasteiger partial charge in [0.2, 0.25) is 0 Å². The molecular weight excluding hydrogens is 170 g/mol. The fourth-order valence-electron chi connectivity index (χ4n) is 0. The Morgan fingerprint density at radius 3 is 0.800 bits per heavy atom. The summed E-state index contributed by atoms with van der Waals surface area (Å²) in [4.78, 5) is 9.55. The molecular formula is C4H12Sb. The zero-order valence-electron chi connectivity index (χ0n) is 4.45. The van der Waals surface area contributed by atoms with Crippen molar-refractivity contribution in [2.24, 2.45) is 0 Å². The van der Waals surface area contributed by atoms with Gasteiger partial charge in [-0.3, -0.25) is 0 Å². The molecule has 0 saturated carbocycles. The zero-order chi connectivity index (χ0) is 4.50. The molecule has 0 fully saturated rings. The molecule has 0 heterocycles. The normalized spacial score (nSPS) is 12.0. The molecule has 1 heteroatoms. The Bertz CT molecular complexity index is 19.1. The van der Waals surface area contributed by atoms with Gasteiger partial charge in [0.15, 0.2) is 0 Å². The van der Waals surface area contributed by atoms with E-state index in [2.05, 4.69) is 19.5 Å². The van der Waals surface area contributed by atoms with Crippen LogP contribution in [0.1, 0.15) is 0 Å². The van der Waals surface area contributed by atoms with E-state index in [1.54, 1.807) is 0 Å². The Morgan fingerprint density at radius 2 is 0.800 bits per heavy atom. The van der Waals surface area contributed by atoms with Crippen molar-refractivity contribution in [3.05, 3.63) is 0 Å². The van der Waals surface area contributed by atoms with E-state index in [1.165, 1.54) is 0 Å². The van der Waals surface area contributed by atoms with Gasteiger partial charge in [-0.25, -0.2) is 0 Å². The molecule has 5 heavy (non-hydrogen) atoms. The molecule has 0 saturated heterocycles. The first-order valence-corrected chi connectivity index (χ1v) is 12.0. The van der Waals surface area contributed by atoms with Gasteiger partial charge in [0.25, 0.3) is 0 Å². The van der Waals surface area contributed by atoms with E-state index < -0.39 is 18.8 Å². The molecule has 0 amide bonds. The summed E-state index contributed by atoms with van der Waals surface area (Å²) >= 11 is -1.10. The van der Waals surface area contributed by atoms with Crippen LogP contribution in [0.15, 0.2) is 0 Å². The van der Waals surface area contributed by atoms with Crippen molar-refractivity contribution >= 4 is 18.8 Å². The van der Waals surface area contributed by atoms with E-state index in [0.717, 1.165) is 0 Å². The Labute approximate surface area is 38.6 Å². The van der Waals surface area contributed by atoms with Gasteiger partial charge in [-0.2, -0.15) is 0 Å². The van der Waals surface area contributed by atoms with E-state index in [0.29, 0.717) is 0 Å². The van der Waals surface area contributed by atoms with Crippen LogP contribution in [0.25, 0.3) is 0 Å². The van der Waals surface area contributed by atoms with Crippen LogP contribution in [-0.2, 0) is 0 Å². The monoisotopic (exact) mass is 181 g/mol. The summed E-state index contributed by atoms with van der Waals surface area (Å²) in [5.74, 6) is 0. The Morgan fingerprint density at radius 1 is 0.800 bits per heavy atom. The molecule has 0 aromatic rings. The second-order valence-corrected chi connectivity index (χ2v) is 18.0. The number of hydrogen-bond acceptors (Lipinski definition) is 0. The molecule has 0 nitrogen and oxygen atoms in total. The van der Waals surface area contributed by atoms with Crippen molar-refractivity contribution in [3.8, 4) is 0 Å². The summed E-state index contributed by atoms with van der Waals surface area (Å²) in [6.45, 7) is 0. The van der Waals surface area contributed by atoms with E-state index in [1.807, 2.05) is 0 Å². The first kappa shape index (κ1) is 5.82. The molecule has 0 rings (SSSR count). The first-order chi connectivity index (χ1) is 2.00. The zero-order valence-corrected chi connectivity index (χ0v) is 7.00. The maximum atomic E-state index is 2.39.